The average molecular weight is 385 g/mol. The van der Waals surface area contributed by atoms with Gasteiger partial charge in [0.25, 0.3) is 11.6 Å². The van der Waals surface area contributed by atoms with Gasteiger partial charge in [0.2, 0.25) is 0 Å². The Balaban J connectivity index is 2.04. The summed E-state index contributed by atoms with van der Waals surface area (Å²) in [6.07, 6.45) is 0. The first-order valence-corrected chi connectivity index (χ1v) is 8.61. The van der Waals surface area contributed by atoms with Crippen molar-refractivity contribution in [1.82, 2.24) is 4.90 Å². The van der Waals surface area contributed by atoms with Crippen LogP contribution in [-0.2, 0) is 11.3 Å². The SMILES string of the molecule is CCN(Cc1ccc(Cl)s1)C(=O)COc1cc([N+](=O)[O-])ccc1OC. The number of likely N-dealkylation sites (N-methyl/N-ethyl adjacent to an activating group) is 1. The zero-order valence-electron chi connectivity index (χ0n) is 13.7. The molecule has 134 valence electrons. The van der Waals surface area contributed by atoms with Gasteiger partial charge in [-0.3, -0.25) is 14.9 Å². The van der Waals surface area contributed by atoms with E-state index in [1.54, 1.807) is 11.0 Å². The maximum Gasteiger partial charge on any atom is 0.273 e. The molecule has 2 aromatic rings. The number of ether oxygens (including phenoxy) is 2. The smallest absolute Gasteiger partial charge is 0.273 e. The molecule has 1 aromatic heterocycles. The predicted molar refractivity (Wildman–Crippen MR) is 95.6 cm³/mol. The van der Waals surface area contributed by atoms with Crippen LogP contribution in [0.3, 0.4) is 0 Å². The van der Waals surface area contributed by atoms with E-state index in [0.29, 0.717) is 23.2 Å². The molecule has 0 radical (unpaired) electrons. The molecule has 1 heterocycles. The highest BCUT2D eigenvalue weighted by molar-refractivity contribution is 7.16. The number of hydrogen-bond donors (Lipinski definition) is 0. The number of rotatable bonds is 8. The van der Waals surface area contributed by atoms with Crippen molar-refractivity contribution >= 4 is 34.5 Å². The summed E-state index contributed by atoms with van der Waals surface area (Å²) >= 11 is 7.31. The Kier molecular flexibility index (Phi) is 6.60. The van der Waals surface area contributed by atoms with Gasteiger partial charge in [-0.1, -0.05) is 11.6 Å². The number of non-ortho nitro benzene ring substituents is 1. The molecule has 0 spiro atoms. The Labute approximate surface area is 153 Å². The van der Waals surface area contributed by atoms with Crippen molar-refractivity contribution < 1.29 is 19.2 Å². The normalized spacial score (nSPS) is 10.4. The average Bonchev–Trinajstić information content (AvgIpc) is 3.02. The second kappa shape index (κ2) is 8.68. The van der Waals surface area contributed by atoms with E-state index in [4.69, 9.17) is 21.1 Å². The van der Waals surface area contributed by atoms with Crippen LogP contribution in [0.4, 0.5) is 5.69 Å². The molecule has 2 rings (SSSR count). The van der Waals surface area contributed by atoms with E-state index in [2.05, 4.69) is 0 Å². The van der Waals surface area contributed by atoms with Crippen molar-refractivity contribution in [3.63, 3.8) is 0 Å². The second-order valence-corrected chi connectivity index (χ2v) is 6.79. The number of amides is 1. The summed E-state index contributed by atoms with van der Waals surface area (Å²) < 4.78 is 11.2. The Morgan fingerprint density at radius 2 is 2.08 bits per heavy atom. The van der Waals surface area contributed by atoms with Crippen LogP contribution in [0.25, 0.3) is 0 Å². The van der Waals surface area contributed by atoms with E-state index in [1.807, 2.05) is 13.0 Å². The highest BCUT2D eigenvalue weighted by Gasteiger charge is 2.17. The van der Waals surface area contributed by atoms with E-state index in [-0.39, 0.29) is 24.0 Å². The zero-order valence-corrected chi connectivity index (χ0v) is 15.3. The number of nitrogens with zero attached hydrogens (tertiary/aromatic N) is 2. The van der Waals surface area contributed by atoms with Crippen LogP contribution in [-0.4, -0.2) is 36.0 Å². The number of thiophene rings is 1. The molecule has 0 aliphatic carbocycles. The van der Waals surface area contributed by atoms with Gasteiger partial charge in [-0.05, 0) is 25.1 Å². The molecule has 0 saturated heterocycles. The number of halogens is 1. The summed E-state index contributed by atoms with van der Waals surface area (Å²) in [4.78, 5) is 25.3. The third-order valence-electron chi connectivity index (χ3n) is 3.42. The third-order valence-corrected chi connectivity index (χ3v) is 4.64. The van der Waals surface area contributed by atoms with Crippen molar-refractivity contribution in [2.45, 2.75) is 13.5 Å². The predicted octanol–water partition coefficient (Wildman–Crippen LogP) is 3.75. The number of nitro benzene ring substituents is 1. The summed E-state index contributed by atoms with van der Waals surface area (Å²) in [5.41, 5.74) is -0.135. The summed E-state index contributed by atoms with van der Waals surface area (Å²) in [7, 11) is 1.43. The first-order valence-electron chi connectivity index (χ1n) is 7.41. The minimum absolute atomic E-state index is 0.135. The topological polar surface area (TPSA) is 81.9 Å². The summed E-state index contributed by atoms with van der Waals surface area (Å²) in [5, 5.41) is 10.9. The highest BCUT2D eigenvalue weighted by Crippen LogP contribution is 2.31. The van der Waals surface area contributed by atoms with Gasteiger partial charge in [0, 0.05) is 17.5 Å². The molecule has 0 unspecified atom stereocenters. The Bertz CT molecular complexity index is 765. The number of nitro groups is 1. The number of carbonyl (C=O) groups excluding carboxylic acids is 1. The van der Waals surface area contributed by atoms with Crippen LogP contribution in [0.1, 0.15) is 11.8 Å². The van der Waals surface area contributed by atoms with E-state index in [9.17, 15) is 14.9 Å². The fourth-order valence-corrected chi connectivity index (χ4v) is 3.23. The Morgan fingerprint density at radius 3 is 2.64 bits per heavy atom. The molecule has 0 aliphatic rings. The number of carbonyl (C=O) groups is 1. The van der Waals surface area contributed by atoms with Crippen LogP contribution in [0, 0.1) is 10.1 Å². The molecule has 1 amide bonds. The van der Waals surface area contributed by atoms with Crippen molar-refractivity contribution in [2.75, 3.05) is 20.3 Å². The van der Waals surface area contributed by atoms with Crippen LogP contribution in [0.5, 0.6) is 11.5 Å². The quantitative estimate of drug-likeness (QED) is 0.511. The van der Waals surface area contributed by atoms with Gasteiger partial charge < -0.3 is 14.4 Å². The molecule has 7 nitrogen and oxygen atoms in total. The molecular weight excluding hydrogens is 368 g/mol. The number of hydrogen-bond acceptors (Lipinski definition) is 6. The molecule has 25 heavy (non-hydrogen) atoms. The Morgan fingerprint density at radius 1 is 1.32 bits per heavy atom. The van der Waals surface area contributed by atoms with Crippen molar-refractivity contribution in [2.24, 2.45) is 0 Å². The van der Waals surface area contributed by atoms with Crippen LogP contribution in [0.15, 0.2) is 30.3 Å². The lowest BCUT2D eigenvalue weighted by Crippen LogP contribution is -2.34. The molecule has 1 aromatic carbocycles. The number of methoxy groups -OCH3 is 1. The van der Waals surface area contributed by atoms with Gasteiger partial charge in [-0.15, -0.1) is 11.3 Å². The fourth-order valence-electron chi connectivity index (χ4n) is 2.12. The first-order chi connectivity index (χ1) is 11.9. The molecule has 0 atom stereocenters. The van der Waals surface area contributed by atoms with Crippen LogP contribution in [0.2, 0.25) is 4.34 Å². The van der Waals surface area contributed by atoms with E-state index >= 15 is 0 Å². The zero-order chi connectivity index (χ0) is 18.4. The Hall–Kier alpha value is -2.32. The van der Waals surface area contributed by atoms with Crippen LogP contribution < -0.4 is 9.47 Å². The third kappa shape index (κ3) is 5.07. The minimum Gasteiger partial charge on any atom is -0.493 e. The maximum absolute atomic E-state index is 12.4. The van der Waals surface area contributed by atoms with Crippen molar-refractivity contribution in [1.29, 1.82) is 0 Å². The molecule has 0 fully saturated rings. The monoisotopic (exact) mass is 384 g/mol. The van der Waals surface area contributed by atoms with E-state index < -0.39 is 4.92 Å². The molecule has 0 bridgehead atoms. The molecule has 0 saturated carbocycles. The van der Waals surface area contributed by atoms with Gasteiger partial charge in [0.05, 0.1) is 29.0 Å². The number of benzene rings is 1. The second-order valence-electron chi connectivity index (χ2n) is 4.99. The minimum atomic E-state index is -0.535. The largest absolute Gasteiger partial charge is 0.493 e. The lowest BCUT2D eigenvalue weighted by molar-refractivity contribution is -0.385. The fraction of sp³-hybridized carbons (Fsp3) is 0.312. The lowest BCUT2D eigenvalue weighted by atomic mass is 10.3. The summed E-state index contributed by atoms with van der Waals surface area (Å²) in [5.74, 6) is 0.243. The molecule has 9 heteroatoms. The van der Waals surface area contributed by atoms with Crippen molar-refractivity contribution in [3.05, 3.63) is 49.7 Å². The maximum atomic E-state index is 12.4. The first kappa shape index (κ1) is 19.0. The standard InChI is InChI=1S/C16H17ClN2O5S/c1-3-18(9-12-5-7-15(17)25-12)16(20)10-24-14-8-11(19(21)22)4-6-13(14)23-2/h4-8H,3,9-10H2,1-2H3. The van der Waals surface area contributed by atoms with Gasteiger partial charge in [-0.2, -0.15) is 0 Å². The highest BCUT2D eigenvalue weighted by atomic mass is 35.5. The summed E-state index contributed by atoms with van der Waals surface area (Å²) in [6.45, 7) is 2.55. The van der Waals surface area contributed by atoms with E-state index in [0.717, 1.165) is 4.88 Å². The summed E-state index contributed by atoms with van der Waals surface area (Å²) in [6, 6.07) is 7.63. The molecular formula is C16H17ClN2O5S. The van der Waals surface area contributed by atoms with Gasteiger partial charge >= 0.3 is 0 Å². The molecule has 0 N–H and O–H groups in total. The van der Waals surface area contributed by atoms with E-state index in [1.165, 1.54) is 36.6 Å². The van der Waals surface area contributed by atoms with Crippen molar-refractivity contribution in [3.8, 4) is 11.5 Å². The lowest BCUT2D eigenvalue weighted by Gasteiger charge is -2.20. The van der Waals surface area contributed by atoms with Gasteiger partial charge in [-0.25, -0.2) is 0 Å². The van der Waals surface area contributed by atoms with Gasteiger partial charge in [0.15, 0.2) is 18.1 Å². The molecule has 0 aliphatic heterocycles. The van der Waals surface area contributed by atoms with Gasteiger partial charge in [0.1, 0.15) is 0 Å². The van der Waals surface area contributed by atoms with Crippen LogP contribution >= 0.6 is 22.9 Å².